The highest BCUT2D eigenvalue weighted by molar-refractivity contribution is 5.76. The quantitative estimate of drug-likeness (QED) is 0.0332. The summed E-state index contributed by atoms with van der Waals surface area (Å²) in [5, 5.41) is 23.1. The van der Waals surface area contributed by atoms with Crippen molar-refractivity contribution in [1.29, 1.82) is 0 Å². The molecular formula is C45H87NO5. The van der Waals surface area contributed by atoms with Gasteiger partial charge in [0.2, 0.25) is 5.91 Å². The van der Waals surface area contributed by atoms with Crippen molar-refractivity contribution in [2.75, 3.05) is 13.2 Å². The van der Waals surface area contributed by atoms with Crippen LogP contribution < -0.4 is 5.32 Å². The lowest BCUT2D eigenvalue weighted by molar-refractivity contribution is -0.143. The molecule has 0 aliphatic rings. The Morgan fingerprint density at radius 2 is 0.941 bits per heavy atom. The van der Waals surface area contributed by atoms with Gasteiger partial charge in [0.05, 0.1) is 25.4 Å². The number of allylic oxidation sites excluding steroid dienone is 2. The van der Waals surface area contributed by atoms with Gasteiger partial charge in [-0.1, -0.05) is 193 Å². The predicted molar refractivity (Wildman–Crippen MR) is 218 cm³/mol. The molecule has 3 N–H and O–H groups in total. The van der Waals surface area contributed by atoms with E-state index in [0.717, 1.165) is 57.8 Å². The molecule has 6 heteroatoms. The molecule has 2 unspecified atom stereocenters. The van der Waals surface area contributed by atoms with E-state index in [-0.39, 0.29) is 18.5 Å². The molecule has 0 aromatic carbocycles. The Hall–Kier alpha value is -1.40. The number of aliphatic hydroxyl groups is 2. The Balaban J connectivity index is 3.52. The van der Waals surface area contributed by atoms with E-state index in [1.165, 1.54) is 148 Å². The first-order valence-corrected chi connectivity index (χ1v) is 22.4. The molecule has 6 nitrogen and oxygen atoms in total. The Labute approximate surface area is 317 Å². The van der Waals surface area contributed by atoms with Crippen LogP contribution in [0.5, 0.6) is 0 Å². The van der Waals surface area contributed by atoms with Crippen LogP contribution in [0.2, 0.25) is 0 Å². The SMILES string of the molecule is CCCC/C=C\CCCCCCCC(=O)OCCCCCCCCCCCC(=O)NC(CO)C(O)CCCCCCCCCCCCCCCC. The number of carbonyl (C=O) groups is 2. The third kappa shape index (κ3) is 38.1. The number of amides is 1. The van der Waals surface area contributed by atoms with E-state index in [4.69, 9.17) is 4.74 Å². The van der Waals surface area contributed by atoms with Crippen LogP contribution in [-0.2, 0) is 14.3 Å². The van der Waals surface area contributed by atoms with Crippen molar-refractivity contribution in [3.8, 4) is 0 Å². The number of esters is 1. The van der Waals surface area contributed by atoms with Crippen LogP contribution in [0.1, 0.15) is 239 Å². The highest BCUT2D eigenvalue weighted by atomic mass is 16.5. The molecule has 51 heavy (non-hydrogen) atoms. The van der Waals surface area contributed by atoms with Gasteiger partial charge in [-0.05, 0) is 44.9 Å². The summed E-state index contributed by atoms with van der Waals surface area (Å²) in [6.45, 7) is 4.84. The molecular weight excluding hydrogens is 634 g/mol. The van der Waals surface area contributed by atoms with Gasteiger partial charge in [0.1, 0.15) is 0 Å². The van der Waals surface area contributed by atoms with Gasteiger partial charge in [-0.2, -0.15) is 0 Å². The third-order valence-electron chi connectivity index (χ3n) is 10.3. The summed E-state index contributed by atoms with van der Waals surface area (Å²) < 4.78 is 5.41. The summed E-state index contributed by atoms with van der Waals surface area (Å²) >= 11 is 0. The third-order valence-corrected chi connectivity index (χ3v) is 10.3. The topological polar surface area (TPSA) is 95.9 Å². The minimum Gasteiger partial charge on any atom is -0.466 e. The summed E-state index contributed by atoms with van der Waals surface area (Å²) in [6, 6.07) is -0.560. The number of rotatable bonds is 41. The van der Waals surface area contributed by atoms with Gasteiger partial charge in [0, 0.05) is 12.8 Å². The predicted octanol–water partition coefficient (Wildman–Crippen LogP) is 12.6. The lowest BCUT2D eigenvalue weighted by Gasteiger charge is -2.22. The van der Waals surface area contributed by atoms with E-state index in [1.807, 2.05) is 0 Å². The first-order chi connectivity index (χ1) is 25.0. The van der Waals surface area contributed by atoms with Crippen LogP contribution in [0.15, 0.2) is 12.2 Å². The fraction of sp³-hybridized carbons (Fsp3) is 0.911. The lowest BCUT2D eigenvalue weighted by Crippen LogP contribution is -2.45. The Morgan fingerprint density at radius 3 is 1.45 bits per heavy atom. The first-order valence-electron chi connectivity index (χ1n) is 22.4. The van der Waals surface area contributed by atoms with E-state index in [1.54, 1.807) is 0 Å². The van der Waals surface area contributed by atoms with Crippen molar-refractivity contribution in [3.63, 3.8) is 0 Å². The number of aliphatic hydroxyl groups excluding tert-OH is 2. The van der Waals surface area contributed by atoms with Crippen molar-refractivity contribution in [1.82, 2.24) is 5.32 Å². The molecule has 0 saturated carbocycles. The molecule has 302 valence electrons. The van der Waals surface area contributed by atoms with Gasteiger partial charge >= 0.3 is 5.97 Å². The minimum atomic E-state index is -0.680. The summed E-state index contributed by atoms with van der Waals surface area (Å²) in [7, 11) is 0. The molecule has 0 saturated heterocycles. The van der Waals surface area contributed by atoms with Crippen molar-refractivity contribution in [2.45, 2.75) is 251 Å². The molecule has 0 aromatic rings. The zero-order valence-electron chi connectivity index (χ0n) is 34.1. The van der Waals surface area contributed by atoms with Crippen molar-refractivity contribution >= 4 is 11.9 Å². The monoisotopic (exact) mass is 722 g/mol. The zero-order valence-corrected chi connectivity index (χ0v) is 34.1. The van der Waals surface area contributed by atoms with Gasteiger partial charge in [-0.3, -0.25) is 9.59 Å². The highest BCUT2D eigenvalue weighted by Gasteiger charge is 2.20. The number of carbonyl (C=O) groups excluding carboxylic acids is 2. The summed E-state index contributed by atoms with van der Waals surface area (Å²) in [5.41, 5.74) is 0. The second-order valence-corrected chi connectivity index (χ2v) is 15.4. The van der Waals surface area contributed by atoms with Crippen molar-refractivity contribution in [3.05, 3.63) is 12.2 Å². The molecule has 0 radical (unpaired) electrons. The van der Waals surface area contributed by atoms with E-state index in [9.17, 15) is 19.8 Å². The molecule has 0 bridgehead atoms. The molecule has 0 fully saturated rings. The average molecular weight is 722 g/mol. The van der Waals surface area contributed by atoms with Gasteiger partial charge in [0.25, 0.3) is 0 Å². The van der Waals surface area contributed by atoms with Crippen LogP contribution in [0.25, 0.3) is 0 Å². The summed E-state index contributed by atoms with van der Waals surface area (Å²) in [6.07, 6.45) is 44.4. The lowest BCUT2D eigenvalue weighted by atomic mass is 10.0. The number of ether oxygens (including phenoxy) is 1. The fourth-order valence-electron chi connectivity index (χ4n) is 6.79. The van der Waals surface area contributed by atoms with Gasteiger partial charge in [0.15, 0.2) is 0 Å². The Bertz CT molecular complexity index is 757. The fourth-order valence-corrected chi connectivity index (χ4v) is 6.79. The van der Waals surface area contributed by atoms with Crippen LogP contribution >= 0.6 is 0 Å². The van der Waals surface area contributed by atoms with Gasteiger partial charge in [-0.25, -0.2) is 0 Å². The van der Waals surface area contributed by atoms with Crippen LogP contribution in [0.4, 0.5) is 0 Å². The van der Waals surface area contributed by atoms with Crippen LogP contribution in [0, 0.1) is 0 Å². The van der Waals surface area contributed by atoms with Crippen molar-refractivity contribution < 1.29 is 24.5 Å². The number of hydrogen-bond donors (Lipinski definition) is 3. The molecule has 0 aliphatic heterocycles. The van der Waals surface area contributed by atoms with E-state index >= 15 is 0 Å². The molecule has 0 aromatic heterocycles. The maximum atomic E-state index is 12.4. The van der Waals surface area contributed by atoms with Crippen LogP contribution in [0.3, 0.4) is 0 Å². The van der Waals surface area contributed by atoms with Crippen LogP contribution in [-0.4, -0.2) is 47.4 Å². The molecule has 0 heterocycles. The zero-order chi connectivity index (χ0) is 37.3. The van der Waals surface area contributed by atoms with E-state index in [0.29, 0.717) is 25.9 Å². The number of unbranched alkanes of at least 4 members (excludes halogenated alkanes) is 28. The molecule has 1 amide bonds. The second kappa shape index (κ2) is 41.4. The smallest absolute Gasteiger partial charge is 0.305 e. The van der Waals surface area contributed by atoms with E-state index in [2.05, 4.69) is 31.3 Å². The normalized spacial score (nSPS) is 12.8. The maximum absolute atomic E-state index is 12.4. The highest BCUT2D eigenvalue weighted by Crippen LogP contribution is 2.16. The van der Waals surface area contributed by atoms with Gasteiger partial charge in [-0.15, -0.1) is 0 Å². The molecule has 0 spiro atoms. The largest absolute Gasteiger partial charge is 0.466 e. The number of nitrogens with one attached hydrogen (secondary N) is 1. The van der Waals surface area contributed by atoms with E-state index < -0.39 is 12.1 Å². The van der Waals surface area contributed by atoms with Gasteiger partial charge < -0.3 is 20.3 Å². The maximum Gasteiger partial charge on any atom is 0.305 e. The minimum absolute atomic E-state index is 0.0363. The number of hydrogen-bond acceptors (Lipinski definition) is 5. The Kier molecular flexibility index (Phi) is 40.2. The molecule has 2 atom stereocenters. The Morgan fingerprint density at radius 1 is 0.529 bits per heavy atom. The molecule has 0 aliphatic carbocycles. The summed E-state index contributed by atoms with van der Waals surface area (Å²) in [5.74, 6) is -0.0998. The second-order valence-electron chi connectivity index (χ2n) is 15.4. The summed E-state index contributed by atoms with van der Waals surface area (Å²) in [4.78, 5) is 24.3. The first kappa shape index (κ1) is 49.6. The van der Waals surface area contributed by atoms with Crippen molar-refractivity contribution in [2.24, 2.45) is 0 Å². The molecule has 0 rings (SSSR count). The average Bonchev–Trinajstić information content (AvgIpc) is 3.13. The standard InChI is InChI=1S/C45H87NO5/c1-3-5-7-9-11-13-15-16-17-19-21-25-29-33-37-43(48)42(41-47)46-44(49)38-34-30-26-22-20-24-28-32-36-40-51-45(50)39-35-31-27-23-18-14-12-10-8-6-4-2/h10,12,42-43,47-48H,3-9,11,13-41H2,1-2H3,(H,46,49)/b12-10-.